The monoisotopic (exact) mass is 565 g/mol. The summed E-state index contributed by atoms with van der Waals surface area (Å²) in [6, 6.07) is 4.44. The van der Waals surface area contributed by atoms with E-state index < -0.39 is 11.9 Å². The van der Waals surface area contributed by atoms with Gasteiger partial charge in [-0.05, 0) is 49.4 Å². The highest BCUT2D eigenvalue weighted by atomic mass is 32.2. The van der Waals surface area contributed by atoms with Crippen LogP contribution in [0, 0.1) is 5.82 Å². The van der Waals surface area contributed by atoms with Crippen LogP contribution in [0.2, 0.25) is 0 Å². The number of benzene rings is 1. The third-order valence-corrected chi connectivity index (χ3v) is 9.07. The van der Waals surface area contributed by atoms with Crippen LogP contribution in [0.4, 0.5) is 9.39 Å². The zero-order valence-electron chi connectivity index (χ0n) is 20.6. The van der Waals surface area contributed by atoms with Gasteiger partial charge in [0.1, 0.15) is 10.8 Å². The van der Waals surface area contributed by atoms with Crippen LogP contribution in [0.15, 0.2) is 23.2 Å². The van der Waals surface area contributed by atoms with Crippen LogP contribution >= 0.6 is 34.4 Å². The van der Waals surface area contributed by atoms with Crippen LogP contribution in [0.25, 0.3) is 10.2 Å². The number of ether oxygens (including phenoxy) is 2. The van der Waals surface area contributed by atoms with E-state index in [0.29, 0.717) is 33.2 Å². The fraction of sp³-hybridized carbons (Fsp3) is 0.440. The highest BCUT2D eigenvalue weighted by Gasteiger charge is 2.26. The Morgan fingerprint density at radius 1 is 1.14 bits per heavy atom. The van der Waals surface area contributed by atoms with Crippen molar-refractivity contribution in [3.63, 3.8) is 0 Å². The number of thioether (sulfide) groups is 1. The van der Waals surface area contributed by atoms with Crippen LogP contribution in [-0.2, 0) is 38.4 Å². The normalized spacial score (nSPS) is 13.9. The lowest BCUT2D eigenvalue weighted by Crippen LogP contribution is -2.20. The van der Waals surface area contributed by atoms with E-state index in [0.717, 1.165) is 59.8 Å². The molecule has 4 rings (SSSR count). The Morgan fingerprint density at radius 3 is 2.73 bits per heavy atom. The lowest BCUT2D eigenvalue weighted by molar-refractivity contribution is -0.115. The van der Waals surface area contributed by atoms with Crippen molar-refractivity contribution >= 4 is 67.4 Å². The second-order valence-corrected chi connectivity index (χ2v) is 11.5. The van der Waals surface area contributed by atoms with E-state index in [4.69, 9.17) is 9.47 Å². The van der Waals surface area contributed by atoms with Gasteiger partial charge < -0.3 is 19.4 Å². The zero-order chi connectivity index (χ0) is 26.4. The van der Waals surface area contributed by atoms with E-state index in [1.807, 2.05) is 4.57 Å². The molecular formula is C25H28FN3O5S3. The number of anilines is 1. The van der Waals surface area contributed by atoms with E-state index in [1.165, 1.54) is 41.9 Å². The average Bonchev–Trinajstić information content (AvgIpc) is 3.28. The number of thiophene rings is 1. The molecule has 0 spiro atoms. The molecule has 1 aliphatic rings. The fourth-order valence-corrected chi connectivity index (χ4v) is 7.20. The number of rotatable bonds is 9. The molecule has 0 unspecified atom stereocenters. The number of esters is 1. The first-order chi connectivity index (χ1) is 17.9. The molecule has 0 atom stereocenters. The topological polar surface area (TPSA) is 99.0 Å². The maximum atomic E-state index is 13.7. The second kappa shape index (κ2) is 12.8. The predicted octanol–water partition coefficient (Wildman–Crippen LogP) is 4.40. The van der Waals surface area contributed by atoms with Crippen molar-refractivity contribution in [2.75, 3.05) is 37.6 Å². The molecule has 12 heteroatoms. The minimum atomic E-state index is -0.443. The number of halogens is 1. The third-order valence-electron chi connectivity index (χ3n) is 5.91. The summed E-state index contributed by atoms with van der Waals surface area (Å²) in [5, 5.41) is 3.36. The molecule has 0 fully saturated rings. The molecule has 2 heterocycles. The molecule has 1 aromatic carbocycles. The number of methoxy groups -OCH3 is 2. The molecule has 0 bridgehead atoms. The Bertz CT molecular complexity index is 1380. The van der Waals surface area contributed by atoms with E-state index in [-0.39, 0.29) is 23.2 Å². The molecule has 2 aromatic heterocycles. The molecule has 1 N–H and O–H groups in total. The first-order valence-electron chi connectivity index (χ1n) is 11.9. The molecule has 0 radical (unpaired) electrons. The second-order valence-electron chi connectivity index (χ2n) is 8.45. The van der Waals surface area contributed by atoms with Gasteiger partial charge in [0.2, 0.25) is 5.91 Å². The van der Waals surface area contributed by atoms with Crippen LogP contribution in [0.1, 0.15) is 40.1 Å². The van der Waals surface area contributed by atoms with E-state index in [1.54, 1.807) is 13.2 Å². The number of thiazole rings is 1. The minimum Gasteiger partial charge on any atom is -0.465 e. The zero-order valence-corrected chi connectivity index (χ0v) is 23.1. The summed E-state index contributed by atoms with van der Waals surface area (Å²) >= 11 is 3.81. The number of carbonyl (C=O) groups is 3. The lowest BCUT2D eigenvalue weighted by atomic mass is 10.1. The van der Waals surface area contributed by atoms with Gasteiger partial charge >= 0.3 is 5.97 Å². The lowest BCUT2D eigenvalue weighted by Gasteiger charge is -2.07. The molecular weight excluding hydrogens is 537 g/mol. The first-order valence-corrected chi connectivity index (χ1v) is 14.7. The number of nitrogens with zero attached hydrogens (tertiary/aromatic N) is 2. The smallest absolute Gasteiger partial charge is 0.341 e. The predicted molar refractivity (Wildman–Crippen MR) is 145 cm³/mol. The molecule has 8 nitrogen and oxygen atoms in total. The fourth-order valence-electron chi connectivity index (χ4n) is 4.21. The molecule has 0 aliphatic heterocycles. The number of hydrogen-bond donors (Lipinski definition) is 1. The number of aromatic nitrogens is 1. The number of amides is 2. The van der Waals surface area contributed by atoms with Gasteiger partial charge in [-0.1, -0.05) is 17.8 Å². The van der Waals surface area contributed by atoms with Gasteiger partial charge in [0.05, 0.1) is 41.0 Å². The Hall–Kier alpha value is -2.54. The van der Waals surface area contributed by atoms with Gasteiger partial charge in [0, 0.05) is 18.5 Å². The summed E-state index contributed by atoms with van der Waals surface area (Å²) in [5.41, 5.74) is 2.21. The molecule has 0 saturated carbocycles. The summed E-state index contributed by atoms with van der Waals surface area (Å²) in [6.07, 6.45) is 4.86. The number of hydrogen-bond acceptors (Lipinski definition) is 8. The summed E-state index contributed by atoms with van der Waals surface area (Å²) in [6.45, 7) is 0.885. The Labute approximate surface area is 225 Å². The Morgan fingerprint density at radius 2 is 1.95 bits per heavy atom. The maximum absolute atomic E-state index is 13.7. The molecule has 3 aromatic rings. The highest BCUT2D eigenvalue weighted by molar-refractivity contribution is 8.00. The first kappa shape index (κ1) is 27.5. The Balaban J connectivity index is 1.41. The number of nitrogens with one attached hydrogen (secondary N) is 1. The van der Waals surface area contributed by atoms with Gasteiger partial charge in [-0.15, -0.1) is 23.1 Å². The van der Waals surface area contributed by atoms with Gasteiger partial charge in [-0.2, -0.15) is 4.99 Å². The number of fused-ring (bicyclic) bond motifs is 2. The van der Waals surface area contributed by atoms with Crippen molar-refractivity contribution in [1.29, 1.82) is 0 Å². The molecule has 2 amide bonds. The maximum Gasteiger partial charge on any atom is 0.341 e. The van der Waals surface area contributed by atoms with Gasteiger partial charge in [0.15, 0.2) is 4.80 Å². The van der Waals surface area contributed by atoms with Crippen LogP contribution in [0.3, 0.4) is 0 Å². The van der Waals surface area contributed by atoms with E-state index in [9.17, 15) is 18.8 Å². The molecule has 198 valence electrons. The van der Waals surface area contributed by atoms with Crippen molar-refractivity contribution in [3.05, 3.63) is 44.8 Å². The van der Waals surface area contributed by atoms with Crippen molar-refractivity contribution in [2.45, 2.75) is 38.6 Å². The average molecular weight is 566 g/mol. The minimum absolute atomic E-state index is 0.00506. The highest BCUT2D eigenvalue weighted by Crippen LogP contribution is 2.38. The summed E-state index contributed by atoms with van der Waals surface area (Å²) < 4.78 is 26.3. The van der Waals surface area contributed by atoms with E-state index >= 15 is 0 Å². The quantitative estimate of drug-likeness (QED) is 0.305. The summed E-state index contributed by atoms with van der Waals surface area (Å²) in [7, 11) is 2.92. The van der Waals surface area contributed by atoms with Gasteiger partial charge in [0.25, 0.3) is 5.91 Å². The number of aryl methyl sites for hydroxylation is 1. The summed E-state index contributed by atoms with van der Waals surface area (Å²) in [4.78, 5) is 43.5. The van der Waals surface area contributed by atoms with Crippen molar-refractivity contribution in [3.8, 4) is 0 Å². The van der Waals surface area contributed by atoms with E-state index in [2.05, 4.69) is 10.3 Å². The van der Waals surface area contributed by atoms with Crippen molar-refractivity contribution in [2.24, 2.45) is 4.99 Å². The van der Waals surface area contributed by atoms with Crippen LogP contribution in [-0.4, -0.2) is 54.7 Å². The van der Waals surface area contributed by atoms with Crippen molar-refractivity contribution < 1.29 is 28.2 Å². The molecule has 0 saturated heterocycles. The standard InChI is InChI=1S/C25H28FN3O5S3/c1-33-11-10-29-17-9-8-15(26)12-19(17)37-25(29)28-21(31)14-35-13-20(30)27-23-22(24(32)34-2)16-6-4-3-5-7-18(16)36-23/h8-9,12H,3-7,10-11,13-14H2,1-2H3,(H,27,30). The van der Waals surface area contributed by atoms with Crippen LogP contribution < -0.4 is 10.1 Å². The van der Waals surface area contributed by atoms with Crippen LogP contribution in [0.5, 0.6) is 0 Å². The van der Waals surface area contributed by atoms with Gasteiger partial charge in [-0.25, -0.2) is 9.18 Å². The Kier molecular flexibility index (Phi) is 9.52. The third kappa shape index (κ3) is 6.67. The van der Waals surface area contributed by atoms with Crippen molar-refractivity contribution in [1.82, 2.24) is 4.57 Å². The summed E-state index contributed by atoms with van der Waals surface area (Å²) in [5.74, 6) is -1.46. The van der Waals surface area contributed by atoms with Gasteiger partial charge in [-0.3, -0.25) is 9.59 Å². The molecule has 1 aliphatic carbocycles. The number of carbonyl (C=O) groups excluding carboxylic acids is 3. The SMILES string of the molecule is COCCn1c(=NC(=O)CSCC(=O)Nc2sc3c(c2C(=O)OC)CCCCC3)sc2cc(F)ccc21. The molecule has 37 heavy (non-hydrogen) atoms. The largest absolute Gasteiger partial charge is 0.465 e.